The van der Waals surface area contributed by atoms with Crippen molar-refractivity contribution < 1.29 is 14.4 Å². The van der Waals surface area contributed by atoms with Crippen molar-refractivity contribution in [1.82, 2.24) is 20.4 Å². The molecule has 2 aliphatic carbocycles. The van der Waals surface area contributed by atoms with Crippen LogP contribution in [0.15, 0.2) is 61.4 Å². The molecule has 0 aromatic rings. The van der Waals surface area contributed by atoms with Gasteiger partial charge in [-0.3, -0.25) is 19.4 Å². The van der Waals surface area contributed by atoms with Crippen LogP contribution in [0.25, 0.3) is 0 Å². The molecule has 4 aliphatic rings. The average Bonchev–Trinajstić information content (AvgIpc) is 3.34. The van der Waals surface area contributed by atoms with E-state index in [-0.39, 0.29) is 11.8 Å². The maximum Gasteiger partial charge on any atom is 0.276 e. The Kier molecular flexibility index (Phi) is 12.3. The number of nitrogens with zero attached hydrogens (tertiary/aromatic N) is 2. The topological polar surface area (TPSA) is 81.8 Å². The molecular weight excluding hydrogens is 480 g/mol. The third kappa shape index (κ3) is 8.99. The Bertz CT molecular complexity index is 910. The SMILES string of the molecule is C=CCN1C(=O)/C(=C/C2CC=CCC2)NC1=S.C=CCN1C(=O)CNC1=S.O=CC1CC=CCC1. The largest absolute Gasteiger partial charge is 0.353 e. The Hall–Kier alpha value is -2.91. The van der Waals surface area contributed by atoms with Gasteiger partial charge in [0, 0.05) is 19.0 Å². The number of carbonyl (C=O) groups excluding carboxylic acids is 3. The summed E-state index contributed by atoms with van der Waals surface area (Å²) >= 11 is 9.95. The zero-order valence-corrected chi connectivity index (χ0v) is 21.6. The fraction of sp³-hybridized carbons (Fsp3) is 0.423. The highest BCUT2D eigenvalue weighted by atomic mass is 32.1. The highest BCUT2D eigenvalue weighted by molar-refractivity contribution is 7.80. The van der Waals surface area contributed by atoms with Crippen LogP contribution in [0.3, 0.4) is 0 Å². The van der Waals surface area contributed by atoms with E-state index in [1.807, 2.05) is 6.08 Å². The summed E-state index contributed by atoms with van der Waals surface area (Å²) in [4.78, 5) is 36.1. The van der Waals surface area contributed by atoms with E-state index < -0.39 is 0 Å². The average molecular weight is 515 g/mol. The van der Waals surface area contributed by atoms with Crippen molar-refractivity contribution in [1.29, 1.82) is 0 Å². The van der Waals surface area contributed by atoms with Crippen LogP contribution < -0.4 is 10.6 Å². The van der Waals surface area contributed by atoms with Crippen molar-refractivity contribution in [2.45, 2.75) is 38.5 Å². The Labute approximate surface area is 218 Å². The molecule has 0 bridgehead atoms. The van der Waals surface area contributed by atoms with Crippen LogP contribution in [-0.2, 0) is 14.4 Å². The molecule has 4 rings (SSSR count). The number of nitrogens with one attached hydrogen (secondary N) is 2. The lowest BCUT2D eigenvalue weighted by molar-refractivity contribution is -0.124. The van der Waals surface area contributed by atoms with E-state index in [1.54, 1.807) is 12.2 Å². The van der Waals surface area contributed by atoms with Gasteiger partial charge in [-0.25, -0.2) is 0 Å². The lowest BCUT2D eigenvalue weighted by Gasteiger charge is -2.13. The Morgan fingerprint density at radius 3 is 1.97 bits per heavy atom. The molecule has 188 valence electrons. The molecular formula is C26H34N4O3S2. The predicted octanol–water partition coefficient (Wildman–Crippen LogP) is 3.56. The third-order valence-electron chi connectivity index (χ3n) is 5.74. The summed E-state index contributed by atoms with van der Waals surface area (Å²) in [5, 5.41) is 6.73. The van der Waals surface area contributed by atoms with Crippen LogP contribution in [0, 0.1) is 11.8 Å². The van der Waals surface area contributed by atoms with Crippen molar-refractivity contribution >= 4 is 52.8 Å². The number of allylic oxidation sites excluding steroid dienone is 5. The molecule has 2 saturated heterocycles. The number of carbonyl (C=O) groups is 3. The molecule has 2 atom stereocenters. The summed E-state index contributed by atoms with van der Waals surface area (Å²) in [5.74, 6) is 0.743. The number of amides is 2. The van der Waals surface area contributed by atoms with Crippen molar-refractivity contribution in [3.8, 4) is 0 Å². The van der Waals surface area contributed by atoms with E-state index in [0.717, 1.165) is 44.8 Å². The van der Waals surface area contributed by atoms with Gasteiger partial charge >= 0.3 is 0 Å². The predicted molar refractivity (Wildman–Crippen MR) is 147 cm³/mol. The maximum atomic E-state index is 12.0. The minimum atomic E-state index is -0.0375. The number of rotatable bonds is 6. The fourth-order valence-corrected chi connectivity index (χ4v) is 4.31. The lowest BCUT2D eigenvalue weighted by atomic mass is 9.93. The van der Waals surface area contributed by atoms with Gasteiger partial charge in [-0.05, 0) is 68.9 Å². The zero-order chi connectivity index (χ0) is 25.6. The molecule has 2 N–H and O–H groups in total. The number of hydrogen-bond acceptors (Lipinski definition) is 5. The normalized spacial score (nSPS) is 24.2. The molecule has 0 saturated carbocycles. The first-order chi connectivity index (χ1) is 16.9. The van der Waals surface area contributed by atoms with Crippen molar-refractivity contribution in [2.75, 3.05) is 19.6 Å². The lowest BCUT2D eigenvalue weighted by Crippen LogP contribution is -2.30. The van der Waals surface area contributed by atoms with Gasteiger partial charge in [-0.1, -0.05) is 42.5 Å². The second kappa shape index (κ2) is 15.2. The Balaban J connectivity index is 0.000000204. The first kappa shape index (κ1) is 28.3. The van der Waals surface area contributed by atoms with E-state index in [9.17, 15) is 14.4 Å². The van der Waals surface area contributed by atoms with Gasteiger partial charge in [0.25, 0.3) is 5.91 Å². The zero-order valence-electron chi connectivity index (χ0n) is 20.0. The number of thiocarbonyl (C=S) groups is 2. The summed E-state index contributed by atoms with van der Waals surface area (Å²) < 4.78 is 0. The van der Waals surface area contributed by atoms with Crippen LogP contribution in [-0.4, -0.2) is 57.8 Å². The molecule has 0 aromatic heterocycles. The van der Waals surface area contributed by atoms with Crippen molar-refractivity contribution in [3.63, 3.8) is 0 Å². The summed E-state index contributed by atoms with van der Waals surface area (Å²) in [5.41, 5.74) is 0.622. The highest BCUT2D eigenvalue weighted by Crippen LogP contribution is 2.22. The Morgan fingerprint density at radius 1 is 0.914 bits per heavy atom. The van der Waals surface area contributed by atoms with Gasteiger partial charge in [0.15, 0.2) is 10.2 Å². The molecule has 7 nitrogen and oxygen atoms in total. The van der Waals surface area contributed by atoms with E-state index in [1.165, 1.54) is 9.80 Å². The summed E-state index contributed by atoms with van der Waals surface area (Å²) in [6.45, 7) is 8.43. The standard InChI is InChI=1S/C13H16N2OS.C7H10O.C6H8N2OS/c1-2-8-15-12(16)11(14-13(15)17)9-10-6-4-3-5-7-10;8-6-7-4-2-1-3-5-7;1-2-3-8-5(9)4-7-6(8)10/h2-4,9-10H,1,5-8H2,(H,14,17);1-2,6-7H,3-5H2;2H,1,3-4H2,(H,7,10)/b11-9-;;. The summed E-state index contributed by atoms with van der Waals surface area (Å²) in [7, 11) is 0. The minimum absolute atomic E-state index is 0.0184. The van der Waals surface area contributed by atoms with Gasteiger partial charge in [-0.2, -0.15) is 0 Å². The molecule has 0 aromatic carbocycles. The summed E-state index contributed by atoms with van der Waals surface area (Å²) in [6.07, 6.45) is 21.3. The van der Waals surface area contributed by atoms with Crippen LogP contribution in [0.2, 0.25) is 0 Å². The molecule has 2 amide bonds. The van der Waals surface area contributed by atoms with Gasteiger partial charge in [0.2, 0.25) is 5.91 Å². The molecule has 2 heterocycles. The smallest absolute Gasteiger partial charge is 0.276 e. The summed E-state index contributed by atoms with van der Waals surface area (Å²) in [6, 6.07) is 0. The molecule has 2 unspecified atom stereocenters. The molecule has 2 fully saturated rings. The maximum absolute atomic E-state index is 12.0. The first-order valence-corrected chi connectivity index (χ1v) is 12.6. The molecule has 9 heteroatoms. The van der Waals surface area contributed by atoms with Crippen molar-refractivity contribution in [3.05, 3.63) is 61.4 Å². The highest BCUT2D eigenvalue weighted by Gasteiger charge is 2.30. The van der Waals surface area contributed by atoms with E-state index in [2.05, 4.69) is 48.1 Å². The van der Waals surface area contributed by atoms with Gasteiger partial charge in [-0.15, -0.1) is 13.2 Å². The number of hydrogen-bond donors (Lipinski definition) is 2. The second-order valence-electron chi connectivity index (χ2n) is 8.39. The van der Waals surface area contributed by atoms with Crippen molar-refractivity contribution in [2.24, 2.45) is 11.8 Å². The fourth-order valence-electron chi connectivity index (χ4n) is 3.80. The van der Waals surface area contributed by atoms with Crippen LogP contribution in [0.5, 0.6) is 0 Å². The molecule has 0 radical (unpaired) electrons. The van der Waals surface area contributed by atoms with Crippen LogP contribution in [0.4, 0.5) is 0 Å². The van der Waals surface area contributed by atoms with Crippen LogP contribution >= 0.6 is 24.4 Å². The second-order valence-corrected chi connectivity index (χ2v) is 9.17. The van der Waals surface area contributed by atoms with E-state index in [4.69, 9.17) is 24.4 Å². The number of aldehydes is 1. The molecule has 35 heavy (non-hydrogen) atoms. The van der Waals surface area contributed by atoms with Crippen LogP contribution in [0.1, 0.15) is 38.5 Å². The quantitative estimate of drug-likeness (QED) is 0.243. The first-order valence-electron chi connectivity index (χ1n) is 11.8. The third-order valence-corrected chi connectivity index (χ3v) is 6.42. The van der Waals surface area contributed by atoms with E-state index >= 15 is 0 Å². The van der Waals surface area contributed by atoms with Gasteiger partial charge in [0.1, 0.15) is 12.0 Å². The van der Waals surface area contributed by atoms with E-state index in [0.29, 0.717) is 47.4 Å². The molecule has 0 spiro atoms. The minimum Gasteiger partial charge on any atom is -0.353 e. The van der Waals surface area contributed by atoms with Gasteiger partial charge < -0.3 is 15.4 Å². The molecule has 2 aliphatic heterocycles. The van der Waals surface area contributed by atoms with Gasteiger partial charge in [0.05, 0.1) is 6.54 Å². The monoisotopic (exact) mass is 514 g/mol. The Morgan fingerprint density at radius 2 is 1.51 bits per heavy atom.